The van der Waals surface area contributed by atoms with Gasteiger partial charge in [-0.15, -0.1) is 0 Å². The van der Waals surface area contributed by atoms with Gasteiger partial charge in [-0.1, -0.05) is 0 Å². The molecule has 6 nitrogen and oxygen atoms in total. The highest BCUT2D eigenvalue weighted by Crippen LogP contribution is 2.32. The molecule has 1 aromatic carbocycles. The van der Waals surface area contributed by atoms with E-state index in [0.717, 1.165) is 34.7 Å². The first kappa shape index (κ1) is 15.1. The number of guanidine groups is 1. The number of benzene rings is 1. The molecule has 120 valence electrons. The molecule has 3 N–H and O–H groups in total. The van der Waals surface area contributed by atoms with Crippen LogP contribution in [-0.2, 0) is 6.54 Å². The molecule has 0 bridgehead atoms. The van der Waals surface area contributed by atoms with Gasteiger partial charge in [0.05, 0.1) is 19.8 Å². The maximum Gasteiger partial charge on any atom is 0.193 e. The molecule has 6 heteroatoms. The second-order valence-electron chi connectivity index (χ2n) is 5.34. The predicted octanol–water partition coefficient (Wildman–Crippen LogP) is 2.48. The van der Waals surface area contributed by atoms with Crippen molar-refractivity contribution in [1.82, 2.24) is 4.98 Å². The molecule has 2 heterocycles. The summed E-state index contributed by atoms with van der Waals surface area (Å²) < 4.78 is 11.3. The number of anilines is 1. The smallest absolute Gasteiger partial charge is 0.193 e. The highest BCUT2D eigenvalue weighted by atomic mass is 16.5. The molecule has 0 atom stereocenters. The number of ether oxygens (including phenoxy) is 2. The molecule has 0 unspecified atom stereocenters. The van der Waals surface area contributed by atoms with E-state index in [-0.39, 0.29) is 0 Å². The van der Waals surface area contributed by atoms with Crippen LogP contribution in [0.2, 0.25) is 0 Å². The Morgan fingerprint density at radius 3 is 2.91 bits per heavy atom. The molecule has 0 fully saturated rings. The molecule has 3 rings (SSSR count). The van der Waals surface area contributed by atoms with Crippen molar-refractivity contribution in [1.29, 1.82) is 0 Å². The Morgan fingerprint density at radius 2 is 2.09 bits per heavy atom. The van der Waals surface area contributed by atoms with Crippen LogP contribution in [0.3, 0.4) is 0 Å². The maximum absolute atomic E-state index is 5.96. The molecule has 1 aliphatic heterocycles. The van der Waals surface area contributed by atoms with Crippen LogP contribution in [-0.4, -0.2) is 24.2 Å². The SMILES string of the molecule is Cc1ccncc1CN=C(N)Nc1ccc2c(c1)OCCCO2. The number of fused-ring (bicyclic) bond motifs is 1. The fraction of sp³-hybridized carbons (Fsp3) is 0.294. The lowest BCUT2D eigenvalue weighted by Gasteiger charge is -2.11. The summed E-state index contributed by atoms with van der Waals surface area (Å²) in [6, 6.07) is 7.60. The second-order valence-corrected chi connectivity index (χ2v) is 5.34. The highest BCUT2D eigenvalue weighted by molar-refractivity contribution is 5.92. The van der Waals surface area contributed by atoms with Gasteiger partial charge in [-0.25, -0.2) is 4.99 Å². The third-order valence-corrected chi connectivity index (χ3v) is 3.59. The van der Waals surface area contributed by atoms with Crippen LogP contribution in [0.15, 0.2) is 41.7 Å². The topological polar surface area (TPSA) is 81.8 Å². The molecule has 0 saturated heterocycles. The molecule has 0 spiro atoms. The first-order chi connectivity index (χ1) is 11.2. The van der Waals surface area contributed by atoms with Gasteiger partial charge in [0.25, 0.3) is 0 Å². The van der Waals surface area contributed by atoms with E-state index >= 15 is 0 Å². The van der Waals surface area contributed by atoms with Gasteiger partial charge < -0.3 is 20.5 Å². The molecule has 23 heavy (non-hydrogen) atoms. The summed E-state index contributed by atoms with van der Waals surface area (Å²) >= 11 is 0. The molecule has 0 saturated carbocycles. The fourth-order valence-corrected chi connectivity index (χ4v) is 2.26. The van der Waals surface area contributed by atoms with Crippen molar-refractivity contribution in [2.75, 3.05) is 18.5 Å². The van der Waals surface area contributed by atoms with E-state index in [0.29, 0.717) is 25.7 Å². The zero-order valence-electron chi connectivity index (χ0n) is 13.1. The number of nitrogens with zero attached hydrogens (tertiary/aromatic N) is 2. The van der Waals surface area contributed by atoms with Crippen LogP contribution < -0.4 is 20.5 Å². The van der Waals surface area contributed by atoms with E-state index in [1.54, 1.807) is 12.4 Å². The summed E-state index contributed by atoms with van der Waals surface area (Å²) in [5.41, 5.74) is 8.97. The van der Waals surface area contributed by atoms with Crippen molar-refractivity contribution in [3.63, 3.8) is 0 Å². The van der Waals surface area contributed by atoms with E-state index in [2.05, 4.69) is 15.3 Å². The summed E-state index contributed by atoms with van der Waals surface area (Å²) in [6.07, 6.45) is 4.45. The van der Waals surface area contributed by atoms with E-state index in [1.807, 2.05) is 31.2 Å². The van der Waals surface area contributed by atoms with E-state index in [4.69, 9.17) is 15.2 Å². The minimum Gasteiger partial charge on any atom is -0.490 e. The van der Waals surface area contributed by atoms with Crippen LogP contribution in [0, 0.1) is 6.92 Å². The minimum atomic E-state index is 0.350. The van der Waals surface area contributed by atoms with Crippen LogP contribution in [0.25, 0.3) is 0 Å². The van der Waals surface area contributed by atoms with E-state index in [9.17, 15) is 0 Å². The standard InChI is InChI=1S/C17H20N4O2/c1-12-5-6-19-10-13(12)11-20-17(18)21-14-3-4-15-16(9-14)23-8-2-7-22-15/h3-6,9-10H,2,7-8,11H2,1H3,(H3,18,20,21). The third-order valence-electron chi connectivity index (χ3n) is 3.59. The van der Waals surface area contributed by atoms with Crippen molar-refractivity contribution in [2.24, 2.45) is 10.7 Å². The lowest BCUT2D eigenvalue weighted by molar-refractivity contribution is 0.297. The zero-order valence-corrected chi connectivity index (χ0v) is 13.1. The summed E-state index contributed by atoms with van der Waals surface area (Å²) in [7, 11) is 0. The highest BCUT2D eigenvalue weighted by Gasteiger charge is 2.10. The van der Waals surface area contributed by atoms with E-state index in [1.165, 1.54) is 0 Å². The van der Waals surface area contributed by atoms with Gasteiger partial charge >= 0.3 is 0 Å². The molecule has 2 aromatic rings. The van der Waals surface area contributed by atoms with Crippen LogP contribution in [0.1, 0.15) is 17.5 Å². The van der Waals surface area contributed by atoms with Gasteiger partial charge in [0.2, 0.25) is 0 Å². The van der Waals surface area contributed by atoms with Gasteiger partial charge in [-0.05, 0) is 36.2 Å². The van der Waals surface area contributed by atoms with Gasteiger partial charge in [0, 0.05) is 30.6 Å². The van der Waals surface area contributed by atoms with Crippen LogP contribution >= 0.6 is 0 Å². The first-order valence-electron chi connectivity index (χ1n) is 7.58. The Morgan fingerprint density at radius 1 is 1.26 bits per heavy atom. The number of aliphatic imine (C=N–C) groups is 1. The number of nitrogens with two attached hydrogens (primary N) is 1. The van der Waals surface area contributed by atoms with Crippen molar-refractivity contribution in [2.45, 2.75) is 19.9 Å². The zero-order chi connectivity index (χ0) is 16.1. The molecular weight excluding hydrogens is 292 g/mol. The van der Waals surface area contributed by atoms with Crippen LogP contribution in [0.5, 0.6) is 11.5 Å². The summed E-state index contributed by atoms with van der Waals surface area (Å²) in [6.45, 7) is 3.84. The normalized spacial score (nSPS) is 14.2. The van der Waals surface area contributed by atoms with E-state index < -0.39 is 0 Å². The molecule has 1 aliphatic rings. The van der Waals surface area contributed by atoms with Crippen LogP contribution in [0.4, 0.5) is 5.69 Å². The number of aromatic nitrogens is 1. The molecule has 0 amide bonds. The number of aryl methyl sites for hydroxylation is 1. The number of hydrogen-bond donors (Lipinski definition) is 2. The number of hydrogen-bond acceptors (Lipinski definition) is 4. The molecule has 0 radical (unpaired) electrons. The Balaban J connectivity index is 1.68. The average molecular weight is 312 g/mol. The monoisotopic (exact) mass is 312 g/mol. The number of rotatable bonds is 3. The summed E-state index contributed by atoms with van der Waals surface area (Å²) in [5, 5.41) is 3.07. The lowest BCUT2D eigenvalue weighted by Crippen LogP contribution is -2.22. The van der Waals surface area contributed by atoms with Gasteiger partial charge in [-0.2, -0.15) is 0 Å². The van der Waals surface area contributed by atoms with Crippen molar-refractivity contribution in [3.8, 4) is 11.5 Å². The second kappa shape index (κ2) is 7.00. The lowest BCUT2D eigenvalue weighted by atomic mass is 10.2. The Bertz CT molecular complexity index is 715. The fourth-order valence-electron chi connectivity index (χ4n) is 2.26. The van der Waals surface area contributed by atoms with Gasteiger partial charge in [0.15, 0.2) is 17.5 Å². The van der Waals surface area contributed by atoms with Crippen molar-refractivity contribution >= 4 is 11.6 Å². The average Bonchev–Trinajstić information content (AvgIpc) is 2.79. The molecule has 0 aliphatic carbocycles. The number of nitrogens with one attached hydrogen (secondary N) is 1. The van der Waals surface area contributed by atoms with Crippen molar-refractivity contribution < 1.29 is 9.47 Å². The predicted molar refractivity (Wildman–Crippen MR) is 90.0 cm³/mol. The Hall–Kier alpha value is -2.76. The minimum absolute atomic E-state index is 0.350. The molecule has 1 aromatic heterocycles. The summed E-state index contributed by atoms with van der Waals surface area (Å²) in [5.74, 6) is 1.83. The summed E-state index contributed by atoms with van der Waals surface area (Å²) in [4.78, 5) is 8.46. The number of pyridine rings is 1. The Kier molecular flexibility index (Phi) is 4.61. The first-order valence-corrected chi connectivity index (χ1v) is 7.58. The third kappa shape index (κ3) is 3.91. The maximum atomic E-state index is 5.96. The quantitative estimate of drug-likeness (QED) is 0.672. The largest absolute Gasteiger partial charge is 0.490 e. The Labute approximate surface area is 135 Å². The van der Waals surface area contributed by atoms with Crippen molar-refractivity contribution in [3.05, 3.63) is 47.8 Å². The van der Waals surface area contributed by atoms with Gasteiger partial charge in [-0.3, -0.25) is 4.98 Å². The molecular formula is C17H20N4O2. The van der Waals surface area contributed by atoms with Gasteiger partial charge in [0.1, 0.15) is 0 Å².